The van der Waals surface area contributed by atoms with Gasteiger partial charge in [-0.25, -0.2) is 9.78 Å². The molecule has 0 spiro atoms. The summed E-state index contributed by atoms with van der Waals surface area (Å²) in [5.41, 5.74) is 3.70. The lowest BCUT2D eigenvalue weighted by Gasteiger charge is -2.09. The Bertz CT molecular complexity index is 2080. The Morgan fingerprint density at radius 3 is 2.29 bits per heavy atom. The first kappa shape index (κ1) is 30.1. The van der Waals surface area contributed by atoms with Crippen LogP contribution in [-0.4, -0.2) is 24.2 Å². The van der Waals surface area contributed by atoms with E-state index in [9.17, 15) is 23.1 Å². The molecule has 0 saturated heterocycles. The zero-order valence-corrected chi connectivity index (χ0v) is 24.8. The van der Waals surface area contributed by atoms with Gasteiger partial charge in [0.1, 0.15) is 5.82 Å². The molecular weight excluding hydrogens is 624 g/mol. The first-order valence-corrected chi connectivity index (χ1v) is 14.4. The minimum Gasteiger partial charge on any atom is -0.493 e. The lowest BCUT2D eigenvalue weighted by molar-refractivity contribution is -0.137. The summed E-state index contributed by atoms with van der Waals surface area (Å²) in [6.45, 7) is 0.444. The van der Waals surface area contributed by atoms with E-state index in [1.54, 1.807) is 48.5 Å². The monoisotopic (exact) mass is 646 g/mol. The largest absolute Gasteiger partial charge is 0.493 e. The minimum atomic E-state index is -4.41. The van der Waals surface area contributed by atoms with Gasteiger partial charge in [0.15, 0.2) is 0 Å². The van der Waals surface area contributed by atoms with Gasteiger partial charge in [-0.1, -0.05) is 77.8 Å². The van der Waals surface area contributed by atoms with E-state index < -0.39 is 17.4 Å². The van der Waals surface area contributed by atoms with Gasteiger partial charge in [0.25, 0.3) is 0 Å². The summed E-state index contributed by atoms with van der Waals surface area (Å²) in [5.74, 6) is 0.409. The average molecular weight is 647 g/mol. The normalized spacial score (nSPS) is 11.8. The van der Waals surface area contributed by atoms with Crippen molar-refractivity contribution in [1.29, 1.82) is 0 Å². The van der Waals surface area contributed by atoms with E-state index in [-0.39, 0.29) is 5.88 Å². The van der Waals surface area contributed by atoms with E-state index in [1.165, 1.54) is 16.8 Å². The maximum Gasteiger partial charge on any atom is 0.416 e. The summed E-state index contributed by atoms with van der Waals surface area (Å²) in [4.78, 5) is 19.2. The van der Waals surface area contributed by atoms with E-state index >= 15 is 0 Å². The molecular formula is C34H23Cl2F3N4O2. The van der Waals surface area contributed by atoms with Crippen molar-refractivity contribution in [3.8, 4) is 34.0 Å². The van der Waals surface area contributed by atoms with Crippen molar-refractivity contribution < 1.29 is 18.3 Å². The summed E-state index contributed by atoms with van der Waals surface area (Å²) < 4.78 is 42.8. The first-order chi connectivity index (χ1) is 21.5. The minimum absolute atomic E-state index is 0.224. The quantitative estimate of drug-likeness (QED) is 0.182. The van der Waals surface area contributed by atoms with Gasteiger partial charge in [-0.05, 0) is 70.8 Å². The highest BCUT2D eigenvalue weighted by Gasteiger charge is 2.30. The number of nitrogens with one attached hydrogen (secondary N) is 1. The van der Waals surface area contributed by atoms with E-state index in [0.717, 1.165) is 23.3 Å². The fourth-order valence-electron chi connectivity index (χ4n) is 4.88. The molecule has 2 aromatic heterocycles. The van der Waals surface area contributed by atoms with Crippen LogP contribution >= 0.6 is 23.2 Å². The van der Waals surface area contributed by atoms with E-state index in [1.807, 2.05) is 47.2 Å². The lowest BCUT2D eigenvalue weighted by atomic mass is 10.0. The van der Waals surface area contributed by atoms with E-state index in [0.29, 0.717) is 50.5 Å². The summed E-state index contributed by atoms with van der Waals surface area (Å²) >= 11 is 12.6. The van der Waals surface area contributed by atoms with Gasteiger partial charge in [0.05, 0.1) is 28.2 Å². The van der Waals surface area contributed by atoms with Gasteiger partial charge < -0.3 is 9.67 Å². The summed E-state index contributed by atoms with van der Waals surface area (Å²) in [7, 11) is 0. The Morgan fingerprint density at radius 1 is 0.867 bits per heavy atom. The number of benzene rings is 4. The smallest absolute Gasteiger partial charge is 0.416 e. The number of alkyl halides is 3. The zero-order chi connectivity index (χ0) is 31.7. The number of H-pyrrole nitrogens is 1. The molecule has 0 amide bonds. The van der Waals surface area contributed by atoms with Crippen LogP contribution in [-0.2, 0) is 12.7 Å². The standard InChI is InChI=1S/C34H23Cl2F3N4O2/c35-26-11-14-28(29(36)17-26)30-19-42(18-22-6-12-27(13-7-22)43-20-32(44)41-33(43)45)31(40-30)15-8-21-4-9-23(10-5-21)24-2-1-3-25(16-24)34(37,38)39/h1-17,19-20,44H,18H2,(H,41,45). The van der Waals surface area contributed by atoms with Gasteiger partial charge in [-0.3, -0.25) is 9.55 Å². The van der Waals surface area contributed by atoms with Gasteiger partial charge >= 0.3 is 11.9 Å². The number of aromatic amines is 1. The fraction of sp³-hybridized carbons (Fsp3) is 0.0588. The zero-order valence-electron chi connectivity index (χ0n) is 23.3. The predicted octanol–water partition coefficient (Wildman–Crippen LogP) is 8.95. The molecule has 2 N–H and O–H groups in total. The van der Waals surface area contributed by atoms with Crippen molar-refractivity contribution in [2.24, 2.45) is 0 Å². The Hall–Kier alpha value is -4.99. The van der Waals surface area contributed by atoms with Crippen molar-refractivity contribution in [1.82, 2.24) is 19.1 Å². The van der Waals surface area contributed by atoms with E-state index in [4.69, 9.17) is 28.2 Å². The van der Waals surface area contributed by atoms with Crippen LogP contribution in [0.15, 0.2) is 108 Å². The van der Waals surface area contributed by atoms with Gasteiger partial charge in [-0.2, -0.15) is 13.2 Å². The molecule has 45 heavy (non-hydrogen) atoms. The molecule has 6 nitrogen and oxygen atoms in total. The molecule has 0 aliphatic heterocycles. The fourth-order valence-corrected chi connectivity index (χ4v) is 5.39. The van der Waals surface area contributed by atoms with Crippen LogP contribution in [0.25, 0.3) is 40.2 Å². The number of hydrogen-bond acceptors (Lipinski definition) is 3. The van der Waals surface area contributed by atoms with Crippen LogP contribution in [0.2, 0.25) is 10.0 Å². The molecule has 0 atom stereocenters. The Kier molecular flexibility index (Phi) is 8.14. The second-order valence-corrected chi connectivity index (χ2v) is 11.1. The molecule has 0 bridgehead atoms. The number of rotatable bonds is 7. The average Bonchev–Trinajstić information content (AvgIpc) is 3.57. The third-order valence-corrected chi connectivity index (χ3v) is 7.69. The predicted molar refractivity (Wildman–Crippen MR) is 171 cm³/mol. The van der Waals surface area contributed by atoms with Crippen LogP contribution in [0.3, 0.4) is 0 Å². The van der Waals surface area contributed by atoms with Crippen LogP contribution in [0, 0.1) is 0 Å². The van der Waals surface area contributed by atoms with Crippen LogP contribution in [0.4, 0.5) is 13.2 Å². The van der Waals surface area contributed by atoms with Gasteiger partial charge in [0.2, 0.25) is 5.88 Å². The topological polar surface area (TPSA) is 75.8 Å². The number of halogens is 5. The Labute approximate surface area is 265 Å². The maximum atomic E-state index is 13.2. The molecule has 0 unspecified atom stereocenters. The summed E-state index contributed by atoms with van der Waals surface area (Å²) in [6, 6.07) is 24.9. The molecule has 0 radical (unpaired) electrons. The molecule has 0 aliphatic carbocycles. The second kappa shape index (κ2) is 12.2. The van der Waals surface area contributed by atoms with Crippen LogP contribution < -0.4 is 5.69 Å². The molecule has 226 valence electrons. The third kappa shape index (κ3) is 6.74. The molecule has 4 aromatic carbocycles. The molecule has 0 aliphatic rings. The van der Waals surface area contributed by atoms with Crippen molar-refractivity contribution >= 4 is 35.4 Å². The molecule has 0 fully saturated rings. The number of hydrogen-bond donors (Lipinski definition) is 2. The molecule has 6 rings (SSSR count). The Morgan fingerprint density at radius 2 is 1.62 bits per heavy atom. The van der Waals surface area contributed by atoms with Crippen molar-refractivity contribution in [3.05, 3.63) is 146 Å². The lowest BCUT2D eigenvalue weighted by Crippen LogP contribution is -2.13. The van der Waals surface area contributed by atoms with Crippen LogP contribution in [0.5, 0.6) is 5.88 Å². The molecule has 11 heteroatoms. The van der Waals surface area contributed by atoms with Crippen molar-refractivity contribution in [2.75, 3.05) is 0 Å². The SMILES string of the molecule is O=c1[nH]c(O)cn1-c1ccc(Cn2cc(-c3ccc(Cl)cc3Cl)nc2C=Cc2ccc(-c3cccc(C(F)(F)F)c3)cc2)cc1. The molecule has 6 aromatic rings. The van der Waals surface area contributed by atoms with Crippen molar-refractivity contribution in [2.45, 2.75) is 12.7 Å². The highest BCUT2D eigenvalue weighted by molar-refractivity contribution is 6.36. The molecule has 2 heterocycles. The number of aromatic hydroxyl groups is 1. The van der Waals surface area contributed by atoms with Crippen molar-refractivity contribution in [3.63, 3.8) is 0 Å². The summed E-state index contributed by atoms with van der Waals surface area (Å²) in [5, 5.41) is 10.6. The van der Waals surface area contributed by atoms with Gasteiger partial charge in [-0.15, -0.1) is 0 Å². The number of aromatic nitrogens is 4. The van der Waals surface area contributed by atoms with Crippen LogP contribution in [0.1, 0.15) is 22.5 Å². The number of imidazole rings is 2. The van der Waals surface area contributed by atoms with E-state index in [2.05, 4.69) is 4.98 Å². The Balaban J connectivity index is 1.29. The first-order valence-electron chi connectivity index (χ1n) is 13.6. The maximum absolute atomic E-state index is 13.2. The second-order valence-electron chi connectivity index (χ2n) is 10.3. The summed E-state index contributed by atoms with van der Waals surface area (Å²) in [6.07, 6.45) is 2.50. The number of nitrogens with zero attached hydrogens (tertiary/aromatic N) is 3. The highest BCUT2D eigenvalue weighted by Crippen LogP contribution is 2.33. The highest BCUT2D eigenvalue weighted by atomic mass is 35.5. The third-order valence-electron chi connectivity index (χ3n) is 7.15. The molecule has 0 saturated carbocycles. The van der Waals surface area contributed by atoms with Gasteiger partial charge in [0, 0.05) is 23.3 Å².